The van der Waals surface area contributed by atoms with Gasteiger partial charge in [0.1, 0.15) is 11.6 Å². The summed E-state index contributed by atoms with van der Waals surface area (Å²) in [5.41, 5.74) is 1.32. The van der Waals surface area contributed by atoms with Crippen molar-refractivity contribution in [1.82, 2.24) is 24.4 Å². The number of non-ortho nitro benzene ring substituents is 1. The van der Waals surface area contributed by atoms with Gasteiger partial charge in [-0.1, -0.05) is 12.1 Å². The summed E-state index contributed by atoms with van der Waals surface area (Å²) in [6, 6.07) is 8.12. The van der Waals surface area contributed by atoms with Crippen molar-refractivity contribution < 1.29 is 13.7 Å². The predicted molar refractivity (Wildman–Crippen MR) is 110 cm³/mol. The number of hydrogen-bond donors (Lipinski definition) is 0. The molecule has 1 aliphatic rings. The molecule has 162 valence electrons. The molecule has 4 rings (SSSR count). The number of nitrogens with zero attached hydrogens (tertiary/aromatic N) is 7. The first kappa shape index (κ1) is 20.8. The van der Waals surface area contributed by atoms with Gasteiger partial charge in [0.05, 0.1) is 11.5 Å². The molecular weight excluding hydrogens is 408 g/mol. The lowest BCUT2D eigenvalue weighted by Crippen LogP contribution is -2.46. The molecule has 0 aliphatic carbocycles. The molecule has 1 saturated heterocycles. The minimum absolute atomic E-state index is 0.0140. The minimum Gasteiger partial charge on any atom is -0.354 e. The SMILES string of the molecule is Cc1cc(N2CCN(Cc3nccn3C(F)F)CC2)nc(-c2cccc([N+](=O)[O-])c2)n1. The van der Waals surface area contributed by atoms with Crippen LogP contribution in [0.4, 0.5) is 20.3 Å². The standard InChI is InChI=1S/C20H21F2N7O2/c1-14-11-17(25-19(24-14)15-3-2-4-16(12-15)29(30)31)27-9-7-26(8-10-27)13-18-23-5-6-28(18)20(21)22/h2-6,11-12,20H,7-10,13H2,1H3. The van der Waals surface area contributed by atoms with E-state index in [2.05, 4.69) is 24.8 Å². The maximum atomic E-state index is 13.0. The zero-order valence-electron chi connectivity index (χ0n) is 16.9. The number of hydrogen-bond acceptors (Lipinski definition) is 7. The third-order valence-corrected chi connectivity index (χ3v) is 5.18. The summed E-state index contributed by atoms with van der Waals surface area (Å²) in [5.74, 6) is 1.51. The lowest BCUT2D eigenvalue weighted by atomic mass is 10.2. The van der Waals surface area contributed by atoms with Gasteiger partial charge >= 0.3 is 6.55 Å². The summed E-state index contributed by atoms with van der Waals surface area (Å²) in [6.45, 7) is 2.28. The van der Waals surface area contributed by atoms with Gasteiger partial charge in [0.25, 0.3) is 5.69 Å². The summed E-state index contributed by atoms with van der Waals surface area (Å²) >= 11 is 0. The molecule has 0 radical (unpaired) electrons. The monoisotopic (exact) mass is 429 g/mol. The molecule has 3 aromatic rings. The average Bonchev–Trinajstić information content (AvgIpc) is 3.22. The average molecular weight is 429 g/mol. The van der Waals surface area contributed by atoms with E-state index in [1.807, 2.05) is 13.0 Å². The molecule has 1 aliphatic heterocycles. The largest absolute Gasteiger partial charge is 0.354 e. The highest BCUT2D eigenvalue weighted by Crippen LogP contribution is 2.24. The normalized spacial score (nSPS) is 14.9. The third kappa shape index (κ3) is 4.66. The first-order valence-corrected chi connectivity index (χ1v) is 9.78. The molecule has 1 fully saturated rings. The summed E-state index contributed by atoms with van der Waals surface area (Å²) in [4.78, 5) is 27.9. The van der Waals surface area contributed by atoms with E-state index in [9.17, 15) is 18.9 Å². The lowest BCUT2D eigenvalue weighted by Gasteiger charge is -2.35. The number of rotatable bonds is 6. The van der Waals surface area contributed by atoms with Crippen LogP contribution in [0.1, 0.15) is 18.1 Å². The van der Waals surface area contributed by atoms with E-state index >= 15 is 0 Å². The molecule has 31 heavy (non-hydrogen) atoms. The van der Waals surface area contributed by atoms with Crippen LogP contribution < -0.4 is 4.90 Å². The zero-order valence-corrected chi connectivity index (χ0v) is 16.9. The van der Waals surface area contributed by atoms with E-state index in [1.165, 1.54) is 24.5 Å². The molecule has 0 atom stereocenters. The maximum absolute atomic E-state index is 13.0. The topological polar surface area (TPSA) is 93.2 Å². The van der Waals surface area contributed by atoms with Gasteiger partial charge < -0.3 is 4.90 Å². The number of aromatic nitrogens is 4. The van der Waals surface area contributed by atoms with Gasteiger partial charge in [-0.25, -0.2) is 15.0 Å². The first-order valence-electron chi connectivity index (χ1n) is 9.78. The lowest BCUT2D eigenvalue weighted by molar-refractivity contribution is -0.384. The molecule has 3 heterocycles. The molecule has 0 saturated carbocycles. The van der Waals surface area contributed by atoms with Crippen LogP contribution in [0.5, 0.6) is 0 Å². The Morgan fingerprint density at radius 2 is 1.94 bits per heavy atom. The highest BCUT2D eigenvalue weighted by Gasteiger charge is 2.22. The van der Waals surface area contributed by atoms with Crippen molar-refractivity contribution in [2.45, 2.75) is 20.0 Å². The molecule has 0 amide bonds. The van der Waals surface area contributed by atoms with Crippen LogP contribution in [-0.2, 0) is 6.54 Å². The first-order chi connectivity index (χ1) is 14.9. The Morgan fingerprint density at radius 3 is 2.65 bits per heavy atom. The highest BCUT2D eigenvalue weighted by atomic mass is 19.3. The molecule has 1 aromatic carbocycles. The highest BCUT2D eigenvalue weighted by molar-refractivity contribution is 5.61. The second-order valence-corrected chi connectivity index (χ2v) is 7.29. The van der Waals surface area contributed by atoms with Crippen molar-refractivity contribution in [2.24, 2.45) is 0 Å². The molecule has 0 spiro atoms. The number of nitro groups is 1. The van der Waals surface area contributed by atoms with E-state index in [1.54, 1.807) is 12.1 Å². The minimum atomic E-state index is -2.60. The number of halogens is 2. The number of benzene rings is 1. The predicted octanol–water partition coefficient (Wildman–Crippen LogP) is 3.27. The number of aryl methyl sites for hydroxylation is 1. The van der Waals surface area contributed by atoms with E-state index in [0.29, 0.717) is 49.9 Å². The van der Waals surface area contributed by atoms with Gasteiger partial charge in [0, 0.05) is 68.0 Å². The molecular formula is C20H21F2N7O2. The van der Waals surface area contributed by atoms with Crippen LogP contribution in [0.2, 0.25) is 0 Å². The fourth-order valence-electron chi connectivity index (χ4n) is 3.58. The Kier molecular flexibility index (Phi) is 5.85. The fraction of sp³-hybridized carbons (Fsp3) is 0.350. The number of alkyl halides is 2. The van der Waals surface area contributed by atoms with E-state index in [0.717, 1.165) is 16.1 Å². The van der Waals surface area contributed by atoms with Gasteiger partial charge in [-0.3, -0.25) is 19.6 Å². The Hall–Kier alpha value is -3.47. The van der Waals surface area contributed by atoms with Gasteiger partial charge in [0.15, 0.2) is 5.82 Å². The van der Waals surface area contributed by atoms with Crippen molar-refractivity contribution in [3.05, 3.63) is 64.4 Å². The smallest absolute Gasteiger partial charge is 0.319 e. The van der Waals surface area contributed by atoms with Crippen LogP contribution in [0.15, 0.2) is 42.7 Å². The molecule has 11 heteroatoms. The number of anilines is 1. The van der Waals surface area contributed by atoms with Crippen LogP contribution in [0, 0.1) is 17.0 Å². The number of nitro benzene ring substituents is 1. The zero-order chi connectivity index (χ0) is 22.0. The number of piperazine rings is 1. The summed E-state index contributed by atoms with van der Waals surface area (Å²) in [6.07, 6.45) is 2.67. The van der Waals surface area contributed by atoms with Crippen LogP contribution >= 0.6 is 0 Å². The van der Waals surface area contributed by atoms with Crippen LogP contribution in [-0.4, -0.2) is 55.5 Å². The molecule has 2 aromatic heterocycles. The second kappa shape index (κ2) is 8.72. The van der Waals surface area contributed by atoms with E-state index in [4.69, 9.17) is 0 Å². The van der Waals surface area contributed by atoms with Crippen LogP contribution in [0.25, 0.3) is 11.4 Å². The third-order valence-electron chi connectivity index (χ3n) is 5.18. The Labute approximate surface area is 177 Å². The summed E-state index contributed by atoms with van der Waals surface area (Å²) in [7, 11) is 0. The summed E-state index contributed by atoms with van der Waals surface area (Å²) in [5, 5.41) is 11.1. The van der Waals surface area contributed by atoms with Gasteiger partial charge in [-0.05, 0) is 6.92 Å². The maximum Gasteiger partial charge on any atom is 0.319 e. The van der Waals surface area contributed by atoms with Crippen molar-refractivity contribution in [3.8, 4) is 11.4 Å². The van der Waals surface area contributed by atoms with Crippen molar-refractivity contribution in [2.75, 3.05) is 31.1 Å². The second-order valence-electron chi connectivity index (χ2n) is 7.29. The van der Waals surface area contributed by atoms with Gasteiger partial charge in [0.2, 0.25) is 0 Å². The van der Waals surface area contributed by atoms with Crippen molar-refractivity contribution in [1.29, 1.82) is 0 Å². The molecule has 9 nitrogen and oxygen atoms in total. The van der Waals surface area contributed by atoms with Crippen molar-refractivity contribution >= 4 is 11.5 Å². The molecule has 0 unspecified atom stereocenters. The number of imidazole rings is 1. The summed E-state index contributed by atoms with van der Waals surface area (Å²) < 4.78 is 26.9. The molecule has 0 bridgehead atoms. The fourth-order valence-corrected chi connectivity index (χ4v) is 3.58. The Morgan fingerprint density at radius 1 is 1.16 bits per heavy atom. The van der Waals surface area contributed by atoms with E-state index < -0.39 is 11.5 Å². The van der Waals surface area contributed by atoms with Gasteiger partial charge in [-0.15, -0.1) is 0 Å². The van der Waals surface area contributed by atoms with Gasteiger partial charge in [-0.2, -0.15) is 8.78 Å². The van der Waals surface area contributed by atoms with Crippen LogP contribution in [0.3, 0.4) is 0 Å². The van der Waals surface area contributed by atoms with E-state index in [-0.39, 0.29) is 5.69 Å². The Balaban J connectivity index is 1.47. The van der Waals surface area contributed by atoms with Crippen molar-refractivity contribution in [3.63, 3.8) is 0 Å². The Bertz CT molecular complexity index is 1080. The molecule has 0 N–H and O–H groups in total. The quantitative estimate of drug-likeness (QED) is 0.439.